The van der Waals surface area contributed by atoms with Gasteiger partial charge in [0, 0.05) is 17.5 Å². The fraction of sp³-hybridized carbons (Fsp3) is 0.200. The Morgan fingerprint density at radius 2 is 2.31 bits per heavy atom. The maximum absolute atomic E-state index is 12.2. The van der Waals surface area contributed by atoms with Crippen LogP contribution < -0.4 is 0 Å². The Morgan fingerprint density at radius 3 is 2.88 bits per heavy atom. The van der Waals surface area contributed by atoms with Crippen molar-refractivity contribution in [3.63, 3.8) is 0 Å². The summed E-state index contributed by atoms with van der Waals surface area (Å²) in [6.07, 6.45) is 1.65. The molecule has 0 spiro atoms. The Labute approximate surface area is 114 Å². The molecule has 2 heterocycles. The van der Waals surface area contributed by atoms with E-state index in [4.69, 9.17) is 0 Å². The number of halogens is 2. The molecule has 3 nitrogen and oxygen atoms in total. The summed E-state index contributed by atoms with van der Waals surface area (Å²) in [4.78, 5) is 12.2. The van der Waals surface area contributed by atoms with Gasteiger partial charge in [0.1, 0.15) is 5.69 Å². The molecule has 0 unspecified atom stereocenters. The first kappa shape index (κ1) is 12.0. The molecular weight excluding hydrogens is 356 g/mol. The predicted molar refractivity (Wildman–Crippen MR) is 71.1 cm³/mol. The Morgan fingerprint density at radius 1 is 1.56 bits per heavy atom. The average molecular weight is 364 g/mol. The zero-order valence-electron chi connectivity index (χ0n) is 8.41. The number of rotatable bonds is 3. The second-order valence-corrected chi connectivity index (χ2v) is 6.27. The second-order valence-electron chi connectivity index (χ2n) is 3.13. The van der Waals surface area contributed by atoms with Gasteiger partial charge in [-0.05, 0) is 44.8 Å². The smallest absolute Gasteiger partial charge is 0.213 e. The van der Waals surface area contributed by atoms with Crippen molar-refractivity contribution in [2.45, 2.75) is 13.5 Å². The van der Waals surface area contributed by atoms with Gasteiger partial charge in [0.05, 0.1) is 14.5 Å². The number of carbonyl (C=O) groups excluding carboxylic acids is 1. The van der Waals surface area contributed by atoms with Gasteiger partial charge in [-0.25, -0.2) is 0 Å². The van der Waals surface area contributed by atoms with Crippen LogP contribution in [0.3, 0.4) is 0 Å². The first-order valence-corrected chi connectivity index (χ1v) is 7.10. The molecule has 0 aromatic carbocycles. The Balaban J connectivity index is 2.44. The molecule has 0 fully saturated rings. The highest BCUT2D eigenvalue weighted by Gasteiger charge is 2.19. The van der Waals surface area contributed by atoms with E-state index in [1.54, 1.807) is 10.9 Å². The number of ketones is 1. The molecule has 0 N–H and O–H groups in total. The molecule has 0 amide bonds. The lowest BCUT2D eigenvalue weighted by Gasteiger charge is -2.02. The molecule has 0 atom stereocenters. The van der Waals surface area contributed by atoms with E-state index in [0.717, 1.165) is 8.26 Å². The first-order valence-electron chi connectivity index (χ1n) is 4.63. The van der Waals surface area contributed by atoms with Gasteiger partial charge >= 0.3 is 0 Å². The number of carbonyl (C=O) groups is 1. The van der Waals surface area contributed by atoms with Crippen LogP contribution in [0.2, 0.25) is 0 Å². The lowest BCUT2D eigenvalue weighted by molar-refractivity contribution is 0.102. The van der Waals surface area contributed by atoms with Gasteiger partial charge < -0.3 is 0 Å². The summed E-state index contributed by atoms with van der Waals surface area (Å²) >= 11 is 8.20. The number of thiophene rings is 1. The normalized spacial score (nSPS) is 10.7. The van der Waals surface area contributed by atoms with Gasteiger partial charge in [-0.15, -0.1) is 11.3 Å². The number of aryl methyl sites for hydroxylation is 1. The van der Waals surface area contributed by atoms with Gasteiger partial charge in [0.25, 0.3) is 0 Å². The maximum atomic E-state index is 12.2. The largest absolute Gasteiger partial charge is 0.287 e. The fourth-order valence-corrected chi connectivity index (χ4v) is 3.01. The Kier molecular flexibility index (Phi) is 3.61. The third kappa shape index (κ3) is 2.14. The highest BCUT2D eigenvalue weighted by atomic mass is 79.9. The minimum absolute atomic E-state index is 0.00632. The Bertz CT molecular complexity index is 533. The van der Waals surface area contributed by atoms with Crippen LogP contribution in [0.4, 0.5) is 0 Å². The van der Waals surface area contributed by atoms with Crippen LogP contribution in [-0.2, 0) is 6.54 Å². The van der Waals surface area contributed by atoms with Crippen LogP contribution in [0.5, 0.6) is 0 Å². The second kappa shape index (κ2) is 4.81. The van der Waals surface area contributed by atoms with Crippen molar-refractivity contribution in [2.75, 3.05) is 0 Å². The summed E-state index contributed by atoms with van der Waals surface area (Å²) < 4.78 is 3.38. The van der Waals surface area contributed by atoms with Crippen LogP contribution in [0.15, 0.2) is 25.9 Å². The summed E-state index contributed by atoms with van der Waals surface area (Å²) in [6, 6.07) is 1.83. The molecule has 0 bridgehead atoms. The molecule has 0 radical (unpaired) electrons. The average Bonchev–Trinajstić information content (AvgIpc) is 2.83. The lowest BCUT2D eigenvalue weighted by atomic mass is 10.1. The molecule has 0 aliphatic carbocycles. The topological polar surface area (TPSA) is 34.9 Å². The van der Waals surface area contributed by atoms with Crippen molar-refractivity contribution in [3.05, 3.63) is 37.2 Å². The van der Waals surface area contributed by atoms with E-state index < -0.39 is 0 Å². The molecule has 6 heteroatoms. The molecular formula is C10H8Br2N2OS. The molecule has 0 saturated carbocycles. The molecule has 84 valence electrons. The minimum atomic E-state index is -0.00632. The number of nitrogens with zero attached hydrogens (tertiary/aromatic N) is 2. The molecule has 0 aliphatic heterocycles. The quantitative estimate of drug-likeness (QED) is 0.779. The van der Waals surface area contributed by atoms with E-state index in [2.05, 4.69) is 37.0 Å². The third-order valence-corrected chi connectivity index (χ3v) is 4.22. The SMILES string of the molecule is CCn1ncc(Br)c1C(=O)c1csc(Br)c1. The van der Waals surface area contributed by atoms with Gasteiger partial charge in [0.2, 0.25) is 5.78 Å². The minimum Gasteiger partial charge on any atom is -0.287 e. The third-order valence-electron chi connectivity index (χ3n) is 2.14. The molecule has 0 saturated heterocycles. The van der Waals surface area contributed by atoms with Crippen molar-refractivity contribution in [3.8, 4) is 0 Å². The van der Waals surface area contributed by atoms with Crippen molar-refractivity contribution in [2.24, 2.45) is 0 Å². The van der Waals surface area contributed by atoms with Crippen molar-refractivity contribution >= 4 is 49.0 Å². The standard InChI is InChI=1S/C10H8Br2N2OS/c1-2-14-9(7(11)4-13-14)10(15)6-3-8(12)16-5-6/h3-5H,2H2,1H3. The zero-order valence-corrected chi connectivity index (χ0v) is 12.4. The summed E-state index contributed by atoms with van der Waals surface area (Å²) in [6.45, 7) is 2.64. The monoisotopic (exact) mass is 362 g/mol. The molecule has 0 aliphatic rings. The van der Waals surface area contributed by atoms with E-state index in [1.807, 2.05) is 18.4 Å². The van der Waals surface area contributed by atoms with Crippen LogP contribution in [-0.4, -0.2) is 15.6 Å². The number of hydrogen-bond donors (Lipinski definition) is 0. The fourth-order valence-electron chi connectivity index (χ4n) is 1.39. The van der Waals surface area contributed by atoms with Crippen LogP contribution in [0.1, 0.15) is 23.0 Å². The van der Waals surface area contributed by atoms with Crippen molar-refractivity contribution in [1.29, 1.82) is 0 Å². The molecule has 2 rings (SSSR count). The summed E-state index contributed by atoms with van der Waals surface area (Å²) in [5, 5.41) is 5.97. The molecule has 2 aromatic heterocycles. The van der Waals surface area contributed by atoms with E-state index >= 15 is 0 Å². The number of hydrogen-bond acceptors (Lipinski definition) is 3. The van der Waals surface area contributed by atoms with Crippen molar-refractivity contribution in [1.82, 2.24) is 9.78 Å². The maximum Gasteiger partial charge on any atom is 0.213 e. The summed E-state index contributed by atoms with van der Waals surface area (Å²) in [7, 11) is 0. The van der Waals surface area contributed by atoms with Crippen molar-refractivity contribution < 1.29 is 4.79 Å². The summed E-state index contributed by atoms with van der Waals surface area (Å²) in [5.74, 6) is -0.00632. The zero-order chi connectivity index (χ0) is 11.7. The van der Waals surface area contributed by atoms with E-state index in [0.29, 0.717) is 17.8 Å². The van der Waals surface area contributed by atoms with E-state index in [9.17, 15) is 4.79 Å². The predicted octanol–water partition coefficient (Wildman–Crippen LogP) is 3.72. The van der Waals surface area contributed by atoms with Gasteiger partial charge in [0.15, 0.2) is 0 Å². The van der Waals surface area contributed by atoms with E-state index in [1.165, 1.54) is 11.3 Å². The number of aromatic nitrogens is 2. The van der Waals surface area contributed by atoms with Gasteiger partial charge in [-0.1, -0.05) is 0 Å². The summed E-state index contributed by atoms with van der Waals surface area (Å²) in [5.41, 5.74) is 1.29. The highest BCUT2D eigenvalue weighted by molar-refractivity contribution is 9.11. The molecule has 2 aromatic rings. The lowest BCUT2D eigenvalue weighted by Crippen LogP contribution is -2.10. The van der Waals surface area contributed by atoms with Crippen LogP contribution in [0.25, 0.3) is 0 Å². The van der Waals surface area contributed by atoms with Gasteiger partial charge in [-0.3, -0.25) is 9.48 Å². The van der Waals surface area contributed by atoms with E-state index in [-0.39, 0.29) is 5.78 Å². The van der Waals surface area contributed by atoms with Crippen LogP contribution in [0, 0.1) is 0 Å². The van der Waals surface area contributed by atoms with Crippen LogP contribution >= 0.6 is 43.2 Å². The Hall–Kier alpha value is -0.460. The highest BCUT2D eigenvalue weighted by Crippen LogP contribution is 2.25. The van der Waals surface area contributed by atoms with Gasteiger partial charge in [-0.2, -0.15) is 5.10 Å². The molecule has 16 heavy (non-hydrogen) atoms. The first-order chi connectivity index (χ1) is 7.63.